The molecule has 3 nitrogen and oxygen atoms in total. The monoisotopic (exact) mass is 363 g/mol. The van der Waals surface area contributed by atoms with Gasteiger partial charge in [-0.1, -0.05) is 44.2 Å². The second-order valence-corrected chi connectivity index (χ2v) is 7.96. The molecule has 0 atom stereocenters. The van der Waals surface area contributed by atoms with Crippen molar-refractivity contribution in [3.8, 4) is 0 Å². The Kier molecular flexibility index (Phi) is 5.41. The van der Waals surface area contributed by atoms with Crippen LogP contribution in [0.3, 0.4) is 0 Å². The number of fused-ring (bicyclic) bond motifs is 1. The summed E-state index contributed by atoms with van der Waals surface area (Å²) in [5, 5.41) is 0. The maximum Gasteiger partial charge on any atom is 0.338 e. The van der Waals surface area contributed by atoms with E-state index in [1.165, 1.54) is 28.8 Å². The van der Waals surface area contributed by atoms with Crippen LogP contribution in [0.5, 0.6) is 0 Å². The lowest BCUT2D eigenvalue weighted by Crippen LogP contribution is -2.34. The molecule has 2 aromatic carbocycles. The minimum atomic E-state index is -0.273. The molecule has 0 fully saturated rings. The van der Waals surface area contributed by atoms with Gasteiger partial charge in [0.2, 0.25) is 0 Å². The molecule has 0 radical (unpaired) electrons. The molecule has 0 unspecified atom stereocenters. The average molecular weight is 364 g/mol. The molecule has 27 heavy (non-hydrogen) atoms. The zero-order valence-corrected chi connectivity index (χ0v) is 17.0. The number of allylic oxidation sites excluding steroid dienone is 1. The molecule has 0 spiro atoms. The van der Waals surface area contributed by atoms with Crippen LogP contribution >= 0.6 is 0 Å². The third-order valence-corrected chi connectivity index (χ3v) is 5.47. The van der Waals surface area contributed by atoms with Crippen LogP contribution in [0.1, 0.15) is 61.2 Å². The van der Waals surface area contributed by atoms with Gasteiger partial charge in [0, 0.05) is 19.3 Å². The number of rotatable bonds is 4. The quantitative estimate of drug-likeness (QED) is 0.527. The number of nitrogens with zero attached hydrogens (tertiary/aromatic N) is 1. The Morgan fingerprint density at radius 2 is 1.81 bits per heavy atom. The van der Waals surface area contributed by atoms with E-state index in [1.807, 2.05) is 31.2 Å². The van der Waals surface area contributed by atoms with Crippen LogP contribution in [0, 0.1) is 0 Å². The molecule has 142 valence electrons. The van der Waals surface area contributed by atoms with Gasteiger partial charge >= 0.3 is 5.97 Å². The number of carbonyl (C=O) groups is 1. The molecule has 2 aromatic rings. The predicted molar refractivity (Wildman–Crippen MR) is 113 cm³/mol. The van der Waals surface area contributed by atoms with Crippen LogP contribution in [-0.4, -0.2) is 26.2 Å². The standard InChI is InChI=1S/C24H29NO2/c1-6-27-23(26)19-9-7-18(8-10-19)15-17(2)20-11-12-21-22(16-20)25(5)14-13-24(21,3)4/h7-12,15-16H,6,13-14H2,1-5H3/b17-15+. The first-order chi connectivity index (χ1) is 12.8. The fourth-order valence-corrected chi connectivity index (χ4v) is 3.63. The second-order valence-electron chi connectivity index (χ2n) is 7.96. The van der Waals surface area contributed by atoms with Crippen LogP contribution in [0.4, 0.5) is 5.69 Å². The first-order valence-corrected chi connectivity index (χ1v) is 9.63. The molecule has 3 heteroatoms. The molecule has 0 saturated heterocycles. The van der Waals surface area contributed by atoms with E-state index in [0.29, 0.717) is 12.2 Å². The Morgan fingerprint density at radius 3 is 2.48 bits per heavy atom. The van der Waals surface area contributed by atoms with E-state index in [9.17, 15) is 4.79 Å². The molecule has 0 bridgehead atoms. The van der Waals surface area contributed by atoms with Gasteiger partial charge in [0.25, 0.3) is 0 Å². The molecule has 0 aliphatic carbocycles. The highest BCUT2D eigenvalue weighted by atomic mass is 16.5. The van der Waals surface area contributed by atoms with Crippen molar-refractivity contribution in [2.75, 3.05) is 25.1 Å². The summed E-state index contributed by atoms with van der Waals surface area (Å²) in [6.07, 6.45) is 3.34. The van der Waals surface area contributed by atoms with Gasteiger partial charge in [-0.2, -0.15) is 0 Å². The smallest absolute Gasteiger partial charge is 0.338 e. The Morgan fingerprint density at radius 1 is 1.15 bits per heavy atom. The maximum atomic E-state index is 11.8. The molecule has 1 aliphatic heterocycles. The van der Waals surface area contributed by atoms with Crippen LogP contribution < -0.4 is 4.90 Å². The van der Waals surface area contributed by atoms with E-state index in [-0.39, 0.29) is 11.4 Å². The van der Waals surface area contributed by atoms with Crippen molar-refractivity contribution in [1.82, 2.24) is 0 Å². The first-order valence-electron chi connectivity index (χ1n) is 9.63. The van der Waals surface area contributed by atoms with Gasteiger partial charge < -0.3 is 9.64 Å². The van der Waals surface area contributed by atoms with Crippen molar-refractivity contribution in [2.45, 2.75) is 39.5 Å². The normalized spacial score (nSPS) is 16.0. The fraction of sp³-hybridized carbons (Fsp3) is 0.375. The summed E-state index contributed by atoms with van der Waals surface area (Å²) in [4.78, 5) is 14.1. The molecular weight excluding hydrogens is 334 g/mol. The summed E-state index contributed by atoms with van der Waals surface area (Å²) in [6, 6.07) is 14.4. The van der Waals surface area contributed by atoms with E-state index in [0.717, 1.165) is 12.1 Å². The van der Waals surface area contributed by atoms with Crippen LogP contribution in [-0.2, 0) is 10.2 Å². The lowest BCUT2D eigenvalue weighted by atomic mass is 9.77. The minimum Gasteiger partial charge on any atom is -0.462 e. The number of carbonyl (C=O) groups excluding carboxylic acids is 1. The predicted octanol–water partition coefficient (Wildman–Crippen LogP) is 5.54. The summed E-state index contributed by atoms with van der Waals surface area (Å²) >= 11 is 0. The van der Waals surface area contributed by atoms with Gasteiger partial charge in [0.15, 0.2) is 0 Å². The highest BCUT2D eigenvalue weighted by Gasteiger charge is 2.29. The first kappa shape index (κ1) is 19.2. The summed E-state index contributed by atoms with van der Waals surface area (Å²) in [5.41, 5.74) is 7.07. The Labute approximate surface area is 162 Å². The average Bonchev–Trinajstić information content (AvgIpc) is 2.65. The van der Waals surface area contributed by atoms with Gasteiger partial charge in [-0.25, -0.2) is 4.79 Å². The molecule has 3 rings (SSSR count). The maximum absolute atomic E-state index is 11.8. The Hall–Kier alpha value is -2.55. The summed E-state index contributed by atoms with van der Waals surface area (Å²) in [5.74, 6) is -0.273. The van der Waals surface area contributed by atoms with Crippen molar-refractivity contribution < 1.29 is 9.53 Å². The van der Waals surface area contributed by atoms with Crippen LogP contribution in [0.25, 0.3) is 11.6 Å². The van der Waals surface area contributed by atoms with Gasteiger partial charge in [0.1, 0.15) is 0 Å². The third-order valence-electron chi connectivity index (χ3n) is 5.47. The third kappa shape index (κ3) is 4.08. The Bertz CT molecular complexity index is 862. The number of esters is 1. The molecule has 1 heterocycles. The van der Waals surface area contributed by atoms with Crippen LogP contribution in [0.15, 0.2) is 42.5 Å². The summed E-state index contributed by atoms with van der Waals surface area (Å²) in [6.45, 7) is 10.1. The van der Waals surface area contributed by atoms with Gasteiger partial charge in [-0.3, -0.25) is 0 Å². The molecule has 0 amide bonds. The van der Waals surface area contributed by atoms with E-state index in [2.05, 4.69) is 57.0 Å². The molecule has 0 aromatic heterocycles. The number of benzene rings is 2. The lowest BCUT2D eigenvalue weighted by Gasteiger charge is -2.38. The fourth-order valence-electron chi connectivity index (χ4n) is 3.63. The molecule has 0 saturated carbocycles. The zero-order valence-electron chi connectivity index (χ0n) is 17.0. The SMILES string of the molecule is CCOC(=O)c1ccc(/C=C(\C)c2ccc3c(c2)N(C)CCC3(C)C)cc1. The number of ether oxygens (including phenoxy) is 1. The Balaban J connectivity index is 1.86. The zero-order chi connectivity index (χ0) is 19.6. The number of hydrogen-bond donors (Lipinski definition) is 0. The summed E-state index contributed by atoms with van der Waals surface area (Å²) < 4.78 is 5.04. The summed E-state index contributed by atoms with van der Waals surface area (Å²) in [7, 11) is 2.17. The van der Waals surface area contributed by atoms with Crippen molar-refractivity contribution in [2.24, 2.45) is 0 Å². The molecular formula is C24H29NO2. The highest BCUT2D eigenvalue weighted by Crippen LogP contribution is 2.40. The van der Waals surface area contributed by atoms with Crippen molar-refractivity contribution in [3.63, 3.8) is 0 Å². The van der Waals surface area contributed by atoms with E-state index in [1.54, 1.807) is 0 Å². The number of hydrogen-bond acceptors (Lipinski definition) is 3. The van der Waals surface area contributed by atoms with Crippen molar-refractivity contribution in [1.29, 1.82) is 0 Å². The molecule has 0 N–H and O–H groups in total. The second kappa shape index (κ2) is 7.59. The van der Waals surface area contributed by atoms with E-state index < -0.39 is 0 Å². The van der Waals surface area contributed by atoms with Gasteiger partial charge in [-0.15, -0.1) is 0 Å². The largest absolute Gasteiger partial charge is 0.462 e. The van der Waals surface area contributed by atoms with Crippen molar-refractivity contribution >= 4 is 23.3 Å². The molecule has 1 aliphatic rings. The highest BCUT2D eigenvalue weighted by molar-refractivity contribution is 5.90. The van der Waals surface area contributed by atoms with Gasteiger partial charge in [-0.05, 0) is 66.1 Å². The van der Waals surface area contributed by atoms with Crippen molar-refractivity contribution in [3.05, 3.63) is 64.7 Å². The minimum absolute atomic E-state index is 0.223. The van der Waals surface area contributed by atoms with E-state index in [4.69, 9.17) is 4.74 Å². The van der Waals surface area contributed by atoms with E-state index >= 15 is 0 Å². The van der Waals surface area contributed by atoms with Crippen LogP contribution in [0.2, 0.25) is 0 Å². The number of anilines is 1. The lowest BCUT2D eigenvalue weighted by molar-refractivity contribution is 0.0526. The topological polar surface area (TPSA) is 29.5 Å². The van der Waals surface area contributed by atoms with Gasteiger partial charge in [0.05, 0.1) is 12.2 Å².